The molecule has 0 aliphatic rings. The molecule has 0 saturated carbocycles. The van der Waals surface area contributed by atoms with E-state index < -0.39 is 5.97 Å². The molecule has 3 rings (SSSR count). The van der Waals surface area contributed by atoms with Crippen LogP contribution in [0.25, 0.3) is 21.5 Å². The molecule has 84 valence electrons. The van der Waals surface area contributed by atoms with Crippen LogP contribution in [-0.4, -0.2) is 25.8 Å². The summed E-state index contributed by atoms with van der Waals surface area (Å²) in [7, 11) is 0. The molecule has 0 bridgehead atoms. The van der Waals surface area contributed by atoms with Crippen LogP contribution in [0.3, 0.4) is 0 Å². The first-order valence-corrected chi connectivity index (χ1v) is 5.44. The van der Waals surface area contributed by atoms with Gasteiger partial charge in [0.05, 0.1) is 4.70 Å². The predicted octanol–water partition coefficient (Wildman–Crippen LogP) is 2.04. The van der Waals surface area contributed by atoms with Gasteiger partial charge in [-0.1, -0.05) is 9.64 Å². The van der Waals surface area contributed by atoms with Gasteiger partial charge in [0.25, 0.3) is 0 Å². The Morgan fingerprint density at radius 1 is 1.35 bits per heavy atom. The van der Waals surface area contributed by atoms with E-state index in [1.54, 1.807) is 6.07 Å². The van der Waals surface area contributed by atoms with Crippen molar-refractivity contribution < 1.29 is 14.4 Å². The van der Waals surface area contributed by atoms with Crippen molar-refractivity contribution in [1.29, 1.82) is 0 Å². The van der Waals surface area contributed by atoms with Crippen molar-refractivity contribution >= 4 is 27.7 Å². The molecule has 1 N–H and O–H groups in total. The minimum atomic E-state index is -1.11. The van der Waals surface area contributed by atoms with Gasteiger partial charge in [-0.2, -0.15) is 0 Å². The Hall–Kier alpha value is -2.28. The van der Waals surface area contributed by atoms with Crippen LogP contribution in [0, 0.1) is 0 Å². The smallest absolute Gasteiger partial charge is 0.358 e. The van der Waals surface area contributed by atoms with Gasteiger partial charge in [-0.25, -0.2) is 4.79 Å². The Morgan fingerprint density at radius 3 is 3.00 bits per heavy atom. The summed E-state index contributed by atoms with van der Waals surface area (Å²) in [4.78, 5) is 10.7. The normalized spacial score (nSPS) is 10.8. The molecule has 2 aromatic heterocycles. The van der Waals surface area contributed by atoms with E-state index in [2.05, 4.69) is 14.7 Å². The van der Waals surface area contributed by atoms with Crippen molar-refractivity contribution in [2.45, 2.75) is 0 Å². The van der Waals surface area contributed by atoms with Crippen LogP contribution in [0.15, 0.2) is 28.8 Å². The minimum absolute atomic E-state index is 0.114. The highest BCUT2D eigenvalue weighted by atomic mass is 32.1. The highest BCUT2D eigenvalue weighted by Crippen LogP contribution is 2.25. The molecule has 0 spiro atoms. The number of carboxylic acid groups (broad SMARTS) is 1. The van der Waals surface area contributed by atoms with Crippen molar-refractivity contribution in [3.8, 4) is 11.3 Å². The van der Waals surface area contributed by atoms with Gasteiger partial charge in [0.2, 0.25) is 0 Å². The average molecular weight is 247 g/mol. The highest BCUT2D eigenvalue weighted by Gasteiger charge is 2.12. The van der Waals surface area contributed by atoms with E-state index in [4.69, 9.17) is 9.63 Å². The van der Waals surface area contributed by atoms with Crippen LogP contribution in [0.2, 0.25) is 0 Å². The van der Waals surface area contributed by atoms with Gasteiger partial charge in [-0.3, -0.25) is 0 Å². The lowest BCUT2D eigenvalue weighted by molar-refractivity contribution is 0.0686. The minimum Gasteiger partial charge on any atom is -0.476 e. The van der Waals surface area contributed by atoms with Crippen molar-refractivity contribution in [3.05, 3.63) is 30.0 Å². The Bertz CT molecular complexity index is 703. The standard InChI is InChI=1S/C10H5N3O3S/c14-10(15)7-4-8(16-12-7)5-1-2-9-6(3-5)11-13-17-9/h1-4H,(H,14,15). The second-order valence-corrected chi connectivity index (χ2v) is 4.12. The molecule has 2 heterocycles. The molecule has 0 saturated heterocycles. The van der Waals surface area contributed by atoms with Gasteiger partial charge in [-0.15, -0.1) is 5.10 Å². The highest BCUT2D eigenvalue weighted by molar-refractivity contribution is 7.12. The lowest BCUT2D eigenvalue weighted by atomic mass is 10.1. The monoisotopic (exact) mass is 247 g/mol. The zero-order chi connectivity index (χ0) is 11.8. The number of aromatic carboxylic acids is 1. The maximum Gasteiger partial charge on any atom is 0.358 e. The molecule has 3 aromatic rings. The molecular weight excluding hydrogens is 242 g/mol. The molecule has 6 nitrogen and oxygen atoms in total. The van der Waals surface area contributed by atoms with E-state index in [9.17, 15) is 4.79 Å². The topological polar surface area (TPSA) is 89.1 Å². The fourth-order valence-corrected chi connectivity index (χ4v) is 1.99. The molecule has 0 radical (unpaired) electrons. The molecule has 0 amide bonds. The summed E-state index contributed by atoms with van der Waals surface area (Å²) in [5, 5.41) is 16.1. The SMILES string of the molecule is O=C(O)c1cc(-c2ccc3snnc3c2)on1. The van der Waals surface area contributed by atoms with Gasteiger partial charge in [0, 0.05) is 11.6 Å². The summed E-state index contributed by atoms with van der Waals surface area (Å²) in [6.45, 7) is 0. The van der Waals surface area contributed by atoms with Crippen LogP contribution < -0.4 is 0 Å². The number of carbonyl (C=O) groups is 1. The summed E-state index contributed by atoms with van der Waals surface area (Å²) in [5.74, 6) is -0.714. The quantitative estimate of drug-likeness (QED) is 0.745. The maximum atomic E-state index is 10.7. The third-order valence-corrected chi connectivity index (χ3v) is 2.97. The summed E-state index contributed by atoms with van der Waals surface area (Å²) in [6, 6.07) is 6.83. The van der Waals surface area contributed by atoms with Gasteiger partial charge in [-0.05, 0) is 29.7 Å². The first-order chi connectivity index (χ1) is 8.24. The van der Waals surface area contributed by atoms with E-state index in [1.807, 2.05) is 12.1 Å². The van der Waals surface area contributed by atoms with Crippen LogP contribution >= 0.6 is 11.5 Å². The summed E-state index contributed by atoms with van der Waals surface area (Å²) in [6.07, 6.45) is 0. The molecule has 0 fully saturated rings. The van der Waals surface area contributed by atoms with Crippen LogP contribution in [0.5, 0.6) is 0 Å². The zero-order valence-electron chi connectivity index (χ0n) is 8.32. The average Bonchev–Trinajstić information content (AvgIpc) is 2.97. The van der Waals surface area contributed by atoms with Crippen molar-refractivity contribution in [3.63, 3.8) is 0 Å². The molecule has 0 unspecified atom stereocenters. The lowest BCUT2D eigenvalue weighted by Gasteiger charge is -1.93. The second-order valence-electron chi connectivity index (χ2n) is 3.34. The molecular formula is C10H5N3O3S. The van der Waals surface area contributed by atoms with E-state index in [1.165, 1.54) is 17.6 Å². The number of fused-ring (bicyclic) bond motifs is 1. The summed E-state index contributed by atoms with van der Waals surface area (Å²) < 4.78 is 9.75. The van der Waals surface area contributed by atoms with E-state index in [0.717, 1.165) is 15.8 Å². The fourth-order valence-electron chi connectivity index (χ4n) is 1.45. The Kier molecular flexibility index (Phi) is 2.12. The number of hydrogen-bond acceptors (Lipinski definition) is 6. The Balaban J connectivity index is 2.09. The van der Waals surface area contributed by atoms with Crippen LogP contribution in [0.4, 0.5) is 0 Å². The summed E-state index contributed by atoms with van der Waals surface area (Å²) in [5.41, 5.74) is 1.36. The Labute approximate surface area is 98.6 Å². The number of nitrogens with zero attached hydrogens (tertiary/aromatic N) is 3. The van der Waals surface area contributed by atoms with Gasteiger partial charge in [0.1, 0.15) is 5.52 Å². The van der Waals surface area contributed by atoms with Crippen LogP contribution in [-0.2, 0) is 0 Å². The molecule has 0 atom stereocenters. The van der Waals surface area contributed by atoms with E-state index >= 15 is 0 Å². The predicted molar refractivity (Wildman–Crippen MR) is 59.9 cm³/mol. The fraction of sp³-hybridized carbons (Fsp3) is 0. The molecule has 1 aromatic carbocycles. The zero-order valence-corrected chi connectivity index (χ0v) is 9.14. The Morgan fingerprint density at radius 2 is 2.24 bits per heavy atom. The molecule has 0 aliphatic heterocycles. The summed E-state index contributed by atoms with van der Waals surface area (Å²) >= 11 is 1.30. The van der Waals surface area contributed by atoms with Gasteiger partial charge < -0.3 is 9.63 Å². The molecule has 17 heavy (non-hydrogen) atoms. The van der Waals surface area contributed by atoms with Crippen molar-refractivity contribution in [2.75, 3.05) is 0 Å². The van der Waals surface area contributed by atoms with Crippen LogP contribution in [0.1, 0.15) is 10.5 Å². The largest absolute Gasteiger partial charge is 0.476 e. The van der Waals surface area contributed by atoms with Crippen molar-refractivity contribution in [1.82, 2.24) is 14.7 Å². The van der Waals surface area contributed by atoms with Gasteiger partial charge >= 0.3 is 5.97 Å². The second kappa shape index (κ2) is 3.63. The first kappa shape index (κ1) is 9.91. The number of aromatic nitrogens is 3. The lowest BCUT2D eigenvalue weighted by Crippen LogP contribution is -1.94. The van der Waals surface area contributed by atoms with Gasteiger partial charge in [0.15, 0.2) is 11.5 Å². The molecule has 7 heteroatoms. The first-order valence-electron chi connectivity index (χ1n) is 4.66. The third kappa shape index (κ3) is 1.66. The number of hydrogen-bond donors (Lipinski definition) is 1. The van der Waals surface area contributed by atoms with E-state index in [-0.39, 0.29) is 5.69 Å². The van der Waals surface area contributed by atoms with E-state index in [0.29, 0.717) is 5.76 Å². The van der Waals surface area contributed by atoms with Crippen molar-refractivity contribution in [2.24, 2.45) is 0 Å². The molecule has 0 aliphatic carbocycles. The maximum absolute atomic E-state index is 10.7. The number of benzene rings is 1. The number of rotatable bonds is 2. The number of carboxylic acids is 1. The third-order valence-electron chi connectivity index (χ3n) is 2.26.